The molecule has 6 heteroatoms. The topological polar surface area (TPSA) is 77.8 Å². The van der Waals surface area contributed by atoms with Gasteiger partial charge in [-0.15, -0.1) is 0 Å². The van der Waals surface area contributed by atoms with Crippen LogP contribution in [0.15, 0.2) is 24.3 Å². The van der Waals surface area contributed by atoms with E-state index in [-0.39, 0.29) is 18.5 Å². The summed E-state index contributed by atoms with van der Waals surface area (Å²) in [4.78, 5) is 2.00. The number of nitrogens with one attached hydrogen (secondary N) is 2. The normalized spacial score (nSPS) is 16.5. The molecule has 1 fully saturated rings. The monoisotopic (exact) mass is 573 g/mol. The second-order valence-corrected chi connectivity index (χ2v) is 12.1. The van der Waals surface area contributed by atoms with Gasteiger partial charge < -0.3 is 19.9 Å². The van der Waals surface area contributed by atoms with Gasteiger partial charge in [0.15, 0.2) is 0 Å². The molecule has 0 aromatic heterocycles. The largest absolute Gasteiger partial charge is 0.508 e. The van der Waals surface area contributed by atoms with Crippen molar-refractivity contribution in [2.75, 3.05) is 18.6 Å². The summed E-state index contributed by atoms with van der Waals surface area (Å²) in [6.45, 7) is 5.55. The second kappa shape index (κ2) is 22.6. The Morgan fingerprint density at radius 1 is 0.683 bits per heavy atom. The molecule has 1 saturated heterocycles. The number of nitrogens with zero attached hydrogens (tertiary/aromatic N) is 1. The van der Waals surface area contributed by atoms with Crippen LogP contribution in [0.25, 0.3) is 0 Å². The van der Waals surface area contributed by atoms with Crippen molar-refractivity contribution >= 4 is 11.7 Å². The fraction of sp³-hybridized carbons (Fsp3) is 0.800. The van der Waals surface area contributed by atoms with Crippen LogP contribution in [0.3, 0.4) is 0 Å². The summed E-state index contributed by atoms with van der Waals surface area (Å²) in [7, 11) is 0. The van der Waals surface area contributed by atoms with Crippen LogP contribution in [0.1, 0.15) is 162 Å². The fourth-order valence-corrected chi connectivity index (χ4v) is 5.75. The first-order valence-electron chi connectivity index (χ1n) is 17.3. The van der Waals surface area contributed by atoms with Crippen LogP contribution in [0, 0.1) is 5.41 Å². The van der Waals surface area contributed by atoms with E-state index in [0.29, 0.717) is 0 Å². The minimum absolute atomic E-state index is 0.226. The van der Waals surface area contributed by atoms with Crippen molar-refractivity contribution in [2.24, 2.45) is 0 Å². The smallest absolute Gasteiger partial charge is 0.302 e. The zero-order valence-corrected chi connectivity index (χ0v) is 26.7. The van der Waals surface area contributed by atoms with Gasteiger partial charge in [-0.3, -0.25) is 10.3 Å². The van der Waals surface area contributed by atoms with Crippen LogP contribution < -0.4 is 5.32 Å². The van der Waals surface area contributed by atoms with Gasteiger partial charge in [-0.25, -0.2) is 0 Å². The molecule has 1 aromatic carbocycles. The molecule has 1 unspecified atom stereocenters. The molecule has 3 N–H and O–H groups in total. The summed E-state index contributed by atoms with van der Waals surface area (Å²) in [6.07, 6.45) is 30.4. The molecule has 2 rings (SSSR count). The number of ether oxygens (including phenoxy) is 2. The minimum Gasteiger partial charge on any atom is -0.508 e. The number of benzene rings is 1. The van der Waals surface area contributed by atoms with Crippen LogP contribution >= 0.6 is 0 Å². The number of phenols is 1. The molecule has 0 amide bonds. The van der Waals surface area contributed by atoms with Crippen LogP contribution in [-0.4, -0.2) is 35.2 Å². The number of unbranched alkanes of at least 4 members (excludes halogenated alkanes) is 20. The van der Waals surface area contributed by atoms with Crippen molar-refractivity contribution in [1.29, 1.82) is 5.41 Å². The van der Waals surface area contributed by atoms with Gasteiger partial charge in [0.2, 0.25) is 0 Å². The first kappa shape index (κ1) is 35.2. The highest BCUT2D eigenvalue weighted by atomic mass is 16.8. The molecule has 236 valence electrons. The van der Waals surface area contributed by atoms with E-state index in [2.05, 4.69) is 19.2 Å². The number of anilines is 1. The second-order valence-electron chi connectivity index (χ2n) is 12.1. The summed E-state index contributed by atoms with van der Waals surface area (Å²) in [6, 6.07) is 7.16. The summed E-state index contributed by atoms with van der Waals surface area (Å²) < 4.78 is 12.0. The lowest BCUT2D eigenvalue weighted by molar-refractivity contribution is -0.324. The predicted molar refractivity (Wildman–Crippen MR) is 173 cm³/mol. The Kier molecular flexibility index (Phi) is 19.4. The average molecular weight is 574 g/mol. The standard InChI is InChI=1S/C35H63N3O3/c1-3-5-7-8-9-10-11-12-13-14-15-16-17-18-19-20-21-22-23-24-30-38-34(36)41-35(38,29-6-4-2)40-31-37-32-25-27-33(39)28-26-32/h25-28,36-37,39H,3-24,29-31H2,1-2H3. The first-order valence-corrected chi connectivity index (χ1v) is 17.3. The van der Waals surface area contributed by atoms with Crippen molar-refractivity contribution in [1.82, 2.24) is 4.90 Å². The zero-order valence-electron chi connectivity index (χ0n) is 26.7. The average Bonchev–Trinajstić information content (AvgIpc) is 2.97. The molecular formula is C35H63N3O3. The maximum absolute atomic E-state index is 9.47. The third kappa shape index (κ3) is 15.2. The van der Waals surface area contributed by atoms with Crippen LogP contribution in [0.2, 0.25) is 0 Å². The van der Waals surface area contributed by atoms with Crippen LogP contribution in [-0.2, 0) is 9.47 Å². The van der Waals surface area contributed by atoms with Gasteiger partial charge in [-0.2, -0.15) is 0 Å². The number of amidine groups is 1. The third-order valence-corrected chi connectivity index (χ3v) is 8.44. The number of aromatic hydroxyl groups is 1. The number of rotatable bonds is 28. The summed E-state index contributed by atoms with van der Waals surface area (Å²) >= 11 is 0. The van der Waals surface area contributed by atoms with Crippen molar-refractivity contribution in [3.05, 3.63) is 24.3 Å². The zero-order chi connectivity index (χ0) is 29.4. The Balaban J connectivity index is 1.44. The van der Waals surface area contributed by atoms with Gasteiger partial charge in [0.05, 0.1) is 0 Å². The molecule has 0 aliphatic carbocycles. The van der Waals surface area contributed by atoms with E-state index >= 15 is 0 Å². The van der Waals surface area contributed by atoms with Crippen LogP contribution in [0.5, 0.6) is 5.75 Å². The van der Waals surface area contributed by atoms with Crippen molar-refractivity contribution in [3.8, 4) is 5.75 Å². The predicted octanol–water partition coefficient (Wildman–Crippen LogP) is 10.7. The highest BCUT2D eigenvalue weighted by molar-refractivity contribution is 5.76. The lowest BCUT2D eigenvalue weighted by atomic mass is 10.0. The van der Waals surface area contributed by atoms with Crippen molar-refractivity contribution in [2.45, 2.75) is 167 Å². The van der Waals surface area contributed by atoms with Gasteiger partial charge >= 0.3 is 5.91 Å². The Hall–Kier alpha value is -1.95. The lowest BCUT2D eigenvalue weighted by Crippen LogP contribution is -2.67. The van der Waals surface area contributed by atoms with Crippen LogP contribution in [0.4, 0.5) is 5.69 Å². The minimum atomic E-state index is -0.828. The molecule has 0 radical (unpaired) electrons. The molecule has 1 aliphatic rings. The van der Waals surface area contributed by atoms with E-state index in [1.807, 2.05) is 17.0 Å². The lowest BCUT2D eigenvalue weighted by Gasteiger charge is -2.51. The van der Waals surface area contributed by atoms with Gasteiger partial charge in [0.25, 0.3) is 6.02 Å². The summed E-state index contributed by atoms with van der Waals surface area (Å²) in [5.41, 5.74) is 0.878. The first-order chi connectivity index (χ1) is 20.1. The Bertz CT molecular complexity index is 772. The Morgan fingerprint density at radius 2 is 1.12 bits per heavy atom. The Morgan fingerprint density at radius 3 is 1.56 bits per heavy atom. The van der Waals surface area contributed by atoms with Crippen molar-refractivity contribution < 1.29 is 14.6 Å². The van der Waals surface area contributed by atoms with E-state index in [9.17, 15) is 5.11 Å². The van der Waals surface area contributed by atoms with Gasteiger partial charge in [-0.1, -0.05) is 142 Å². The summed E-state index contributed by atoms with van der Waals surface area (Å²) in [5.74, 6) is -0.585. The molecular weight excluding hydrogens is 510 g/mol. The SMILES string of the molecule is CCCCCCCCCCCCCCCCCCCCCCN1C(=N)OC1(CCCC)OCNc1ccc(O)cc1. The molecule has 1 atom stereocenters. The molecule has 0 spiro atoms. The molecule has 6 nitrogen and oxygen atoms in total. The van der Waals surface area contributed by atoms with Gasteiger partial charge in [0, 0.05) is 18.7 Å². The Labute approximate surface area is 252 Å². The molecule has 1 aliphatic heterocycles. The number of hydrogen-bond donors (Lipinski definition) is 3. The fourth-order valence-electron chi connectivity index (χ4n) is 5.75. The van der Waals surface area contributed by atoms with Gasteiger partial charge in [-0.05, 0) is 37.1 Å². The molecule has 0 saturated carbocycles. The molecule has 1 heterocycles. The van der Waals surface area contributed by atoms with Gasteiger partial charge in [0.1, 0.15) is 12.5 Å². The maximum atomic E-state index is 9.47. The molecule has 1 aromatic rings. The summed E-state index contributed by atoms with van der Waals surface area (Å²) in [5, 5.41) is 20.9. The van der Waals surface area contributed by atoms with E-state index in [4.69, 9.17) is 14.9 Å². The molecule has 41 heavy (non-hydrogen) atoms. The van der Waals surface area contributed by atoms with E-state index < -0.39 is 5.91 Å². The van der Waals surface area contributed by atoms with E-state index in [1.54, 1.807) is 12.1 Å². The maximum Gasteiger partial charge on any atom is 0.302 e. The number of phenolic OH excluding ortho intramolecular Hbond substituents is 1. The van der Waals surface area contributed by atoms with E-state index in [0.717, 1.165) is 37.9 Å². The third-order valence-electron chi connectivity index (χ3n) is 8.44. The quantitative estimate of drug-likeness (QED) is 0.0528. The highest BCUT2D eigenvalue weighted by Crippen LogP contribution is 2.35. The highest BCUT2D eigenvalue weighted by Gasteiger charge is 2.52. The molecule has 0 bridgehead atoms. The number of hydrogen-bond acceptors (Lipinski definition) is 5. The van der Waals surface area contributed by atoms with Crippen molar-refractivity contribution in [3.63, 3.8) is 0 Å². The van der Waals surface area contributed by atoms with E-state index in [1.165, 1.54) is 122 Å².